The number of nitrogens with one attached hydrogen (secondary N) is 2. The summed E-state index contributed by atoms with van der Waals surface area (Å²) in [6.45, 7) is 0. The zero-order valence-electron chi connectivity index (χ0n) is 20.1. The second kappa shape index (κ2) is 17.9. The molecular formula is C27H17F6IrN6-5. The van der Waals surface area contributed by atoms with Crippen molar-refractivity contribution in [2.24, 2.45) is 0 Å². The Bertz CT molecular complexity index is 1360. The van der Waals surface area contributed by atoms with Gasteiger partial charge >= 0.3 is 0 Å². The summed E-state index contributed by atoms with van der Waals surface area (Å²) in [4.78, 5) is 0. The summed E-state index contributed by atoms with van der Waals surface area (Å²) in [6, 6.07) is 14.2. The van der Waals surface area contributed by atoms with E-state index in [0.29, 0.717) is 0 Å². The molecule has 0 spiro atoms. The van der Waals surface area contributed by atoms with E-state index in [2.05, 4.69) is 33.9 Å². The van der Waals surface area contributed by atoms with Gasteiger partial charge in [-0.25, -0.2) is 0 Å². The summed E-state index contributed by atoms with van der Waals surface area (Å²) in [5, 5.41) is 25.2. The van der Waals surface area contributed by atoms with E-state index in [0.717, 1.165) is 48.8 Å². The van der Waals surface area contributed by atoms with E-state index in [-0.39, 0.29) is 37.2 Å². The van der Waals surface area contributed by atoms with E-state index in [1.807, 2.05) is 0 Å². The summed E-state index contributed by atoms with van der Waals surface area (Å²) >= 11 is 0. The summed E-state index contributed by atoms with van der Waals surface area (Å²) < 4.78 is 77.3. The molecule has 40 heavy (non-hydrogen) atoms. The third-order valence-corrected chi connectivity index (χ3v) is 4.11. The first kappa shape index (κ1) is 33.5. The first-order valence-corrected chi connectivity index (χ1v) is 10.6. The minimum atomic E-state index is -0.734. The molecular weight excluding hydrogens is 715 g/mol. The number of anilines is 2. The second-order valence-corrected chi connectivity index (χ2v) is 6.85. The molecule has 0 bridgehead atoms. The predicted octanol–water partition coefficient (Wildman–Crippen LogP) is 6.61. The molecule has 0 saturated carbocycles. The van der Waals surface area contributed by atoms with Crippen LogP contribution in [-0.2, 0) is 20.1 Å². The van der Waals surface area contributed by atoms with Gasteiger partial charge in [-0.1, -0.05) is 12.2 Å². The number of hydrogen-bond donors (Lipinski definition) is 2. The van der Waals surface area contributed by atoms with E-state index in [4.69, 9.17) is 10.8 Å². The maximum atomic E-state index is 13.1. The standard InChI is InChI=1S/C9H5F2N2.2C9H6F2N2.Ir/c10-7-2-3-9(8(11)6-7)13-5-1-4-12-13;2*10-7-2-3-9(8(11)6-7)13-5-1-4-12;/h1-2,4-6H;2*1-2,4-6,13H;/q-1;2*-2;/b;2*5-1-;. The summed E-state index contributed by atoms with van der Waals surface area (Å²) in [5.74, 6) is -4.15. The molecule has 0 amide bonds. The number of rotatable bonds is 7. The third-order valence-electron chi connectivity index (χ3n) is 4.11. The van der Waals surface area contributed by atoms with Crippen molar-refractivity contribution >= 4 is 23.8 Å². The van der Waals surface area contributed by atoms with Crippen LogP contribution in [-0.4, -0.2) is 22.2 Å². The number of hydrogen-bond acceptors (Lipinski definition) is 3. The van der Waals surface area contributed by atoms with Crippen molar-refractivity contribution in [3.05, 3.63) is 143 Å². The molecule has 0 saturated heterocycles. The fourth-order valence-electron chi connectivity index (χ4n) is 2.47. The van der Waals surface area contributed by atoms with Gasteiger partial charge < -0.3 is 21.5 Å². The average molecular weight is 732 g/mol. The first-order valence-electron chi connectivity index (χ1n) is 10.6. The van der Waals surface area contributed by atoms with Crippen LogP contribution < -0.4 is 10.6 Å². The van der Waals surface area contributed by atoms with Crippen molar-refractivity contribution in [2.45, 2.75) is 0 Å². The topological polar surface area (TPSA) is 86.5 Å². The number of halogens is 6. The Kier molecular flexibility index (Phi) is 15.0. The molecule has 13 heteroatoms. The van der Waals surface area contributed by atoms with Crippen molar-refractivity contribution < 1.29 is 46.4 Å². The minimum absolute atomic E-state index is 0. The maximum absolute atomic E-state index is 13.1. The molecule has 4 aromatic rings. The zero-order valence-corrected chi connectivity index (χ0v) is 22.4. The average Bonchev–Trinajstić information content (AvgIpc) is 3.42. The monoisotopic (exact) mass is 732 g/mol. The van der Waals surface area contributed by atoms with Crippen molar-refractivity contribution in [1.82, 2.24) is 9.78 Å². The number of allylic oxidation sites excluding steroid dienone is 2. The fraction of sp³-hybridized carbons (Fsp3) is 0. The molecule has 0 unspecified atom stereocenters. The smallest absolute Gasteiger partial charge is 0.0493 e. The van der Waals surface area contributed by atoms with Crippen LogP contribution in [0.5, 0.6) is 0 Å². The van der Waals surface area contributed by atoms with Crippen molar-refractivity contribution in [3.8, 4) is 5.69 Å². The summed E-state index contributed by atoms with van der Waals surface area (Å²) in [6.07, 6.45) is 9.76. The number of benzene rings is 3. The van der Waals surface area contributed by atoms with E-state index >= 15 is 0 Å². The molecule has 6 nitrogen and oxygen atoms in total. The van der Waals surface area contributed by atoms with Crippen LogP contribution >= 0.6 is 0 Å². The summed E-state index contributed by atoms with van der Waals surface area (Å²) in [7, 11) is 0. The molecule has 0 aliphatic rings. The van der Waals surface area contributed by atoms with Crippen molar-refractivity contribution in [1.29, 1.82) is 0 Å². The van der Waals surface area contributed by atoms with Crippen LogP contribution in [0, 0.1) is 53.1 Å². The van der Waals surface area contributed by atoms with Crippen molar-refractivity contribution in [3.63, 3.8) is 0 Å². The Balaban J connectivity index is 0.000000296. The Morgan fingerprint density at radius 1 is 0.700 bits per heavy atom. The van der Waals surface area contributed by atoms with Crippen LogP contribution in [0.15, 0.2) is 79.4 Å². The molecule has 2 N–H and O–H groups in total. The van der Waals surface area contributed by atoms with Crippen LogP contribution in [0.3, 0.4) is 0 Å². The van der Waals surface area contributed by atoms with Gasteiger partial charge in [-0.15, -0.1) is 36.4 Å². The van der Waals surface area contributed by atoms with E-state index in [1.165, 1.54) is 35.4 Å². The minimum Gasteiger partial charge on any atom is -0.811 e. The van der Waals surface area contributed by atoms with Crippen molar-refractivity contribution in [2.75, 3.05) is 10.6 Å². The van der Waals surface area contributed by atoms with E-state index in [9.17, 15) is 26.3 Å². The normalized spacial score (nSPS) is 10.1. The molecule has 1 heterocycles. The third kappa shape index (κ3) is 11.5. The summed E-state index contributed by atoms with van der Waals surface area (Å²) in [5.41, 5.74) is 0.172. The van der Waals surface area contributed by atoms with Gasteiger partial charge in [0, 0.05) is 67.4 Å². The van der Waals surface area contributed by atoms with E-state index in [1.54, 1.807) is 12.3 Å². The second-order valence-electron chi connectivity index (χ2n) is 6.85. The molecule has 0 aliphatic heterocycles. The fourth-order valence-corrected chi connectivity index (χ4v) is 2.47. The zero-order chi connectivity index (χ0) is 28.6. The molecule has 1 radical (unpaired) electrons. The van der Waals surface area contributed by atoms with Gasteiger partial charge in [0.05, 0.1) is 0 Å². The molecule has 0 fully saturated rings. The van der Waals surface area contributed by atoms with Gasteiger partial charge in [-0.3, -0.25) is 31.0 Å². The van der Waals surface area contributed by atoms with Gasteiger partial charge in [0.25, 0.3) is 0 Å². The first-order chi connectivity index (χ1) is 18.7. The van der Waals surface area contributed by atoms with Gasteiger partial charge in [0.15, 0.2) is 0 Å². The molecule has 211 valence electrons. The quantitative estimate of drug-likeness (QED) is 0.128. The van der Waals surface area contributed by atoms with Gasteiger partial charge in [-0.05, 0) is 35.5 Å². The van der Waals surface area contributed by atoms with Crippen LogP contribution in [0.2, 0.25) is 0 Å². The Hall–Kier alpha value is -4.48. The van der Waals surface area contributed by atoms with Crippen LogP contribution in [0.25, 0.3) is 16.5 Å². The Labute approximate surface area is 239 Å². The van der Waals surface area contributed by atoms with Crippen LogP contribution in [0.4, 0.5) is 37.7 Å². The molecule has 3 aromatic carbocycles. The molecule has 4 rings (SSSR count). The molecule has 1 aromatic heterocycles. The van der Waals surface area contributed by atoms with Crippen LogP contribution in [0.1, 0.15) is 0 Å². The predicted molar refractivity (Wildman–Crippen MR) is 137 cm³/mol. The maximum Gasteiger partial charge on any atom is 0.0493 e. The van der Waals surface area contributed by atoms with Gasteiger partial charge in [-0.2, -0.15) is 35.7 Å². The van der Waals surface area contributed by atoms with E-state index < -0.39 is 34.9 Å². The van der Waals surface area contributed by atoms with Gasteiger partial charge in [0.2, 0.25) is 0 Å². The largest absolute Gasteiger partial charge is 0.811 e. The number of nitrogens with zero attached hydrogens (tertiary/aromatic N) is 4. The molecule has 0 atom stereocenters. The molecule has 0 aliphatic carbocycles. The Morgan fingerprint density at radius 3 is 1.52 bits per heavy atom. The SMILES string of the molecule is Fc1c[c-]c(-n2cccn2)c(F)c1.[Ir].[N-]=C/C=C\Nc1[c-]cc(F)cc1F.[N-]=C/C=C\Nc1[c-]cc(F)cc1F. The Morgan fingerprint density at radius 2 is 1.15 bits per heavy atom. The van der Waals surface area contributed by atoms with Gasteiger partial charge in [0.1, 0.15) is 0 Å². The number of aromatic nitrogens is 2.